The molecule has 108 valence electrons. The summed E-state index contributed by atoms with van der Waals surface area (Å²) in [5.74, 6) is -0.827. The highest BCUT2D eigenvalue weighted by atomic mass is 19.1. The summed E-state index contributed by atoms with van der Waals surface area (Å²) in [6, 6.07) is 2.51. The van der Waals surface area contributed by atoms with E-state index in [1.165, 1.54) is 12.1 Å². The largest absolute Gasteiger partial charge is 0.399 e. The summed E-state index contributed by atoms with van der Waals surface area (Å²) in [5, 5.41) is 0. The third-order valence-corrected chi connectivity index (χ3v) is 3.27. The number of halogens is 2. The topological polar surface area (TPSA) is 29.3 Å². The van der Waals surface area contributed by atoms with Gasteiger partial charge in [0.25, 0.3) is 0 Å². The summed E-state index contributed by atoms with van der Waals surface area (Å²) < 4.78 is 28.2. The number of anilines is 2. The zero-order valence-electron chi connectivity index (χ0n) is 12.2. The van der Waals surface area contributed by atoms with Crippen molar-refractivity contribution in [2.45, 2.75) is 46.6 Å². The number of hydrogen-bond acceptors (Lipinski definition) is 2. The van der Waals surface area contributed by atoms with E-state index in [4.69, 9.17) is 5.73 Å². The molecule has 2 nitrogen and oxygen atoms in total. The second-order valence-corrected chi connectivity index (χ2v) is 5.35. The van der Waals surface area contributed by atoms with Gasteiger partial charge in [-0.15, -0.1) is 0 Å². The van der Waals surface area contributed by atoms with Gasteiger partial charge in [0.1, 0.15) is 5.69 Å². The van der Waals surface area contributed by atoms with E-state index in [2.05, 4.69) is 0 Å². The minimum absolute atomic E-state index is 0.0524. The average Bonchev–Trinajstić information content (AvgIpc) is 2.28. The van der Waals surface area contributed by atoms with Crippen LogP contribution in [-0.2, 0) is 0 Å². The van der Waals surface area contributed by atoms with Gasteiger partial charge < -0.3 is 10.6 Å². The summed E-state index contributed by atoms with van der Waals surface area (Å²) >= 11 is 0. The molecule has 0 fully saturated rings. The highest BCUT2D eigenvalue weighted by Crippen LogP contribution is 2.30. The normalized spacial score (nSPS) is 11.4. The number of benzene rings is 1. The van der Waals surface area contributed by atoms with E-state index >= 15 is 0 Å². The van der Waals surface area contributed by atoms with Crippen LogP contribution >= 0.6 is 0 Å². The Balaban J connectivity index is 3.24. The van der Waals surface area contributed by atoms with E-state index < -0.39 is 11.6 Å². The zero-order chi connectivity index (χ0) is 14.6. The molecule has 1 aromatic carbocycles. The Kier molecular flexibility index (Phi) is 5.58. The van der Waals surface area contributed by atoms with Gasteiger partial charge in [-0.25, -0.2) is 8.78 Å². The molecule has 0 atom stereocenters. The fourth-order valence-electron chi connectivity index (χ4n) is 2.41. The van der Waals surface area contributed by atoms with Gasteiger partial charge >= 0.3 is 0 Å². The molecule has 0 spiro atoms. The van der Waals surface area contributed by atoms with Gasteiger partial charge in [-0.1, -0.05) is 27.7 Å². The molecule has 4 heteroatoms. The quantitative estimate of drug-likeness (QED) is 0.785. The fourth-order valence-corrected chi connectivity index (χ4v) is 2.41. The van der Waals surface area contributed by atoms with E-state index in [1.807, 2.05) is 32.6 Å². The maximum Gasteiger partial charge on any atom is 0.151 e. The Morgan fingerprint density at radius 3 is 1.95 bits per heavy atom. The van der Waals surface area contributed by atoms with Gasteiger partial charge in [-0.05, 0) is 30.9 Å². The summed E-state index contributed by atoms with van der Waals surface area (Å²) in [6.07, 6.45) is 1.71. The van der Waals surface area contributed by atoms with Gasteiger partial charge in [-0.2, -0.15) is 0 Å². The van der Waals surface area contributed by atoms with Crippen LogP contribution in [0.15, 0.2) is 12.1 Å². The number of nitrogens with two attached hydrogens (primary N) is 1. The lowest BCUT2D eigenvalue weighted by molar-refractivity contribution is 0.481. The second-order valence-electron chi connectivity index (χ2n) is 5.35. The Morgan fingerprint density at radius 1 is 1.11 bits per heavy atom. The molecule has 0 aliphatic carbocycles. The molecule has 0 saturated heterocycles. The smallest absolute Gasteiger partial charge is 0.151 e. The number of nitrogen functional groups attached to an aromatic ring is 1. The Bertz CT molecular complexity index is 392. The van der Waals surface area contributed by atoms with Crippen molar-refractivity contribution in [1.29, 1.82) is 0 Å². The highest BCUT2D eigenvalue weighted by molar-refractivity contribution is 5.56. The van der Waals surface area contributed by atoms with E-state index in [0.29, 0.717) is 12.5 Å². The molecule has 0 saturated carbocycles. The minimum atomic E-state index is -0.579. The minimum Gasteiger partial charge on any atom is -0.399 e. The van der Waals surface area contributed by atoms with Crippen molar-refractivity contribution < 1.29 is 8.78 Å². The molecule has 0 bridgehead atoms. The zero-order valence-corrected chi connectivity index (χ0v) is 12.2. The standard InChI is InChI=1S/C15H24F2N2/c1-5-12(6-2)19(9-10(3)4)15-13(16)7-11(18)8-14(15)17/h7-8,10,12H,5-6,9,18H2,1-4H3. The van der Waals surface area contributed by atoms with Gasteiger partial charge in [-0.3, -0.25) is 0 Å². The number of hydrogen-bond donors (Lipinski definition) is 1. The van der Waals surface area contributed by atoms with E-state index in [1.54, 1.807) is 0 Å². The van der Waals surface area contributed by atoms with Crippen LogP contribution in [0.1, 0.15) is 40.5 Å². The first-order valence-electron chi connectivity index (χ1n) is 6.91. The third kappa shape index (κ3) is 3.82. The molecular formula is C15H24F2N2. The highest BCUT2D eigenvalue weighted by Gasteiger charge is 2.23. The van der Waals surface area contributed by atoms with Crippen LogP contribution in [0, 0.1) is 17.6 Å². The first-order chi connectivity index (χ1) is 8.90. The summed E-state index contributed by atoms with van der Waals surface area (Å²) in [4.78, 5) is 1.84. The van der Waals surface area contributed by atoms with Crippen molar-refractivity contribution in [3.63, 3.8) is 0 Å². The molecule has 1 rings (SSSR count). The van der Waals surface area contributed by atoms with Crippen LogP contribution in [0.2, 0.25) is 0 Å². The Hall–Kier alpha value is -1.32. The fraction of sp³-hybridized carbons (Fsp3) is 0.600. The predicted octanol–water partition coefficient (Wildman–Crippen LogP) is 4.20. The van der Waals surface area contributed by atoms with E-state index in [-0.39, 0.29) is 17.4 Å². The molecule has 2 N–H and O–H groups in total. The lowest BCUT2D eigenvalue weighted by Crippen LogP contribution is -2.38. The van der Waals surface area contributed by atoms with Crippen molar-refractivity contribution in [1.82, 2.24) is 0 Å². The number of rotatable bonds is 6. The van der Waals surface area contributed by atoms with Gasteiger partial charge in [0.05, 0.1) is 0 Å². The van der Waals surface area contributed by atoms with Crippen molar-refractivity contribution >= 4 is 11.4 Å². The van der Waals surface area contributed by atoms with Crippen LogP contribution in [-0.4, -0.2) is 12.6 Å². The SMILES string of the molecule is CCC(CC)N(CC(C)C)c1c(F)cc(N)cc1F. The summed E-state index contributed by atoms with van der Waals surface area (Å²) in [6.45, 7) is 8.79. The summed E-state index contributed by atoms with van der Waals surface area (Å²) in [7, 11) is 0. The maximum atomic E-state index is 14.1. The Morgan fingerprint density at radius 2 is 1.58 bits per heavy atom. The van der Waals surface area contributed by atoms with E-state index in [0.717, 1.165) is 12.8 Å². The van der Waals surface area contributed by atoms with Gasteiger partial charge in [0, 0.05) is 18.3 Å². The monoisotopic (exact) mass is 270 g/mol. The van der Waals surface area contributed by atoms with Crippen molar-refractivity contribution in [3.05, 3.63) is 23.8 Å². The lowest BCUT2D eigenvalue weighted by Gasteiger charge is -2.34. The first kappa shape index (κ1) is 15.7. The maximum absolute atomic E-state index is 14.1. The number of nitrogens with zero attached hydrogens (tertiary/aromatic N) is 1. The Labute approximate surface area is 114 Å². The molecule has 0 unspecified atom stereocenters. The van der Waals surface area contributed by atoms with Crippen LogP contribution in [0.3, 0.4) is 0 Å². The lowest BCUT2D eigenvalue weighted by atomic mass is 10.1. The van der Waals surface area contributed by atoms with Crippen LogP contribution in [0.5, 0.6) is 0 Å². The molecule has 19 heavy (non-hydrogen) atoms. The first-order valence-corrected chi connectivity index (χ1v) is 6.91. The second kappa shape index (κ2) is 6.73. The third-order valence-electron chi connectivity index (χ3n) is 3.27. The molecule has 0 aromatic heterocycles. The molecule has 1 aromatic rings. The van der Waals surface area contributed by atoms with Crippen LogP contribution in [0.4, 0.5) is 20.2 Å². The van der Waals surface area contributed by atoms with Gasteiger partial charge in [0.2, 0.25) is 0 Å². The molecule has 0 amide bonds. The van der Waals surface area contributed by atoms with E-state index in [9.17, 15) is 8.78 Å². The van der Waals surface area contributed by atoms with Crippen molar-refractivity contribution in [2.75, 3.05) is 17.2 Å². The van der Waals surface area contributed by atoms with Crippen LogP contribution in [0.25, 0.3) is 0 Å². The summed E-state index contributed by atoms with van der Waals surface area (Å²) in [5.41, 5.74) is 5.64. The molecule has 0 aliphatic rings. The molecular weight excluding hydrogens is 246 g/mol. The van der Waals surface area contributed by atoms with Crippen LogP contribution < -0.4 is 10.6 Å². The molecule has 0 heterocycles. The molecule has 0 aliphatic heterocycles. The van der Waals surface area contributed by atoms with Crippen molar-refractivity contribution in [2.24, 2.45) is 5.92 Å². The predicted molar refractivity (Wildman–Crippen MR) is 77.3 cm³/mol. The van der Waals surface area contributed by atoms with Gasteiger partial charge in [0.15, 0.2) is 11.6 Å². The molecule has 0 radical (unpaired) electrons. The average molecular weight is 270 g/mol. The van der Waals surface area contributed by atoms with Crippen molar-refractivity contribution in [3.8, 4) is 0 Å².